The first kappa shape index (κ1) is 13.8. The molecule has 0 radical (unpaired) electrons. The van der Waals surface area contributed by atoms with Crippen molar-refractivity contribution in [3.05, 3.63) is 0 Å². The molecule has 0 aromatic rings. The molecule has 1 heterocycles. The lowest BCUT2D eigenvalue weighted by Gasteiger charge is -2.37. The van der Waals surface area contributed by atoms with Gasteiger partial charge in [-0.2, -0.15) is 0 Å². The molecule has 18 heavy (non-hydrogen) atoms. The van der Waals surface area contributed by atoms with E-state index in [1.54, 1.807) is 0 Å². The average Bonchev–Trinajstić information content (AvgIpc) is 2.82. The zero-order chi connectivity index (χ0) is 13.0. The summed E-state index contributed by atoms with van der Waals surface area (Å²) in [6.07, 6.45) is 7.71. The number of aliphatic hydroxyl groups is 1. The molecule has 2 fully saturated rings. The van der Waals surface area contributed by atoms with E-state index >= 15 is 0 Å². The van der Waals surface area contributed by atoms with Crippen LogP contribution in [-0.4, -0.2) is 47.2 Å². The van der Waals surface area contributed by atoms with Crippen LogP contribution in [-0.2, 0) is 4.79 Å². The summed E-state index contributed by atoms with van der Waals surface area (Å²) in [7, 11) is 0. The van der Waals surface area contributed by atoms with E-state index in [4.69, 9.17) is 0 Å². The Morgan fingerprint density at radius 1 is 1.28 bits per heavy atom. The molecule has 1 saturated heterocycles. The fraction of sp³-hybridized carbons (Fsp3) is 0.929. The van der Waals surface area contributed by atoms with Crippen molar-refractivity contribution in [1.29, 1.82) is 0 Å². The Hall–Kier alpha value is -0.610. The van der Waals surface area contributed by atoms with Gasteiger partial charge in [-0.05, 0) is 39.2 Å². The highest BCUT2D eigenvalue weighted by Gasteiger charge is 2.28. The molecular formula is C14H26N2O2. The predicted octanol–water partition coefficient (Wildman–Crippen LogP) is 1.28. The summed E-state index contributed by atoms with van der Waals surface area (Å²) in [5.74, 6) is 0.134. The molecule has 4 nitrogen and oxygen atoms in total. The van der Waals surface area contributed by atoms with Crippen LogP contribution in [0, 0.1) is 0 Å². The minimum atomic E-state index is -0.343. The van der Waals surface area contributed by atoms with Crippen molar-refractivity contribution < 1.29 is 9.90 Å². The van der Waals surface area contributed by atoms with Crippen LogP contribution in [0.25, 0.3) is 0 Å². The van der Waals surface area contributed by atoms with Crippen molar-refractivity contribution in [2.45, 2.75) is 70.1 Å². The SMILES string of the molecule is C[C@H](O)[C@H]1CCCCN1CC(=O)NC1CCCC1. The molecule has 4 heteroatoms. The molecule has 1 aliphatic carbocycles. The van der Waals surface area contributed by atoms with Crippen molar-refractivity contribution in [3.63, 3.8) is 0 Å². The highest BCUT2D eigenvalue weighted by Crippen LogP contribution is 2.20. The molecular weight excluding hydrogens is 228 g/mol. The fourth-order valence-corrected chi connectivity index (χ4v) is 3.29. The first-order valence-corrected chi connectivity index (χ1v) is 7.38. The molecule has 2 aliphatic rings. The summed E-state index contributed by atoms with van der Waals surface area (Å²) in [5, 5.41) is 12.9. The van der Waals surface area contributed by atoms with Gasteiger partial charge in [-0.25, -0.2) is 0 Å². The Labute approximate surface area is 110 Å². The highest BCUT2D eigenvalue weighted by atomic mass is 16.3. The van der Waals surface area contributed by atoms with Crippen LogP contribution in [0.5, 0.6) is 0 Å². The third-order valence-corrected chi connectivity index (χ3v) is 4.29. The molecule has 0 bridgehead atoms. The maximum absolute atomic E-state index is 12.0. The second-order valence-electron chi connectivity index (χ2n) is 5.82. The van der Waals surface area contributed by atoms with E-state index < -0.39 is 0 Å². The Balaban J connectivity index is 1.80. The predicted molar refractivity (Wildman–Crippen MR) is 71.3 cm³/mol. The van der Waals surface area contributed by atoms with Crippen LogP contribution in [0.1, 0.15) is 51.9 Å². The van der Waals surface area contributed by atoms with Gasteiger partial charge in [-0.15, -0.1) is 0 Å². The van der Waals surface area contributed by atoms with E-state index in [0.29, 0.717) is 12.6 Å². The Morgan fingerprint density at radius 3 is 2.61 bits per heavy atom. The number of likely N-dealkylation sites (tertiary alicyclic amines) is 1. The molecule has 2 atom stereocenters. The van der Waals surface area contributed by atoms with Crippen LogP contribution in [0.15, 0.2) is 0 Å². The molecule has 104 valence electrons. The zero-order valence-electron chi connectivity index (χ0n) is 11.4. The van der Waals surface area contributed by atoms with Gasteiger partial charge in [0.2, 0.25) is 5.91 Å². The lowest BCUT2D eigenvalue weighted by molar-refractivity contribution is -0.124. The first-order chi connectivity index (χ1) is 8.66. The number of aliphatic hydroxyl groups excluding tert-OH is 1. The van der Waals surface area contributed by atoms with Gasteiger partial charge >= 0.3 is 0 Å². The molecule has 2 rings (SSSR count). The normalized spacial score (nSPS) is 28.2. The van der Waals surface area contributed by atoms with Crippen molar-refractivity contribution in [3.8, 4) is 0 Å². The van der Waals surface area contributed by atoms with Crippen LogP contribution < -0.4 is 5.32 Å². The molecule has 0 aromatic heterocycles. The summed E-state index contributed by atoms with van der Waals surface area (Å²) in [5.41, 5.74) is 0. The van der Waals surface area contributed by atoms with Crippen LogP contribution >= 0.6 is 0 Å². The zero-order valence-corrected chi connectivity index (χ0v) is 11.4. The number of nitrogens with one attached hydrogen (secondary N) is 1. The van der Waals surface area contributed by atoms with Gasteiger partial charge in [0.25, 0.3) is 0 Å². The van der Waals surface area contributed by atoms with E-state index in [0.717, 1.165) is 38.6 Å². The quantitative estimate of drug-likeness (QED) is 0.794. The maximum Gasteiger partial charge on any atom is 0.234 e. The number of amides is 1. The van der Waals surface area contributed by atoms with Crippen molar-refractivity contribution in [1.82, 2.24) is 10.2 Å². The third-order valence-electron chi connectivity index (χ3n) is 4.29. The standard InChI is InChI=1S/C14H26N2O2/c1-11(17)13-8-4-5-9-16(13)10-14(18)15-12-6-2-3-7-12/h11-13,17H,2-10H2,1H3,(H,15,18)/t11-,13+/m0/s1. The van der Waals surface area contributed by atoms with Crippen LogP contribution in [0.4, 0.5) is 0 Å². The van der Waals surface area contributed by atoms with Gasteiger partial charge in [-0.1, -0.05) is 19.3 Å². The molecule has 1 saturated carbocycles. The third kappa shape index (κ3) is 3.69. The van der Waals surface area contributed by atoms with Gasteiger partial charge in [-0.3, -0.25) is 9.69 Å². The topological polar surface area (TPSA) is 52.6 Å². The lowest BCUT2D eigenvalue weighted by Crippen LogP contribution is -2.50. The van der Waals surface area contributed by atoms with E-state index in [2.05, 4.69) is 10.2 Å². The van der Waals surface area contributed by atoms with Gasteiger partial charge in [0.05, 0.1) is 12.6 Å². The maximum atomic E-state index is 12.0. The minimum Gasteiger partial charge on any atom is -0.392 e. The first-order valence-electron chi connectivity index (χ1n) is 7.38. The molecule has 2 N–H and O–H groups in total. The highest BCUT2D eigenvalue weighted by molar-refractivity contribution is 5.78. The number of nitrogens with zero attached hydrogens (tertiary/aromatic N) is 1. The second-order valence-corrected chi connectivity index (χ2v) is 5.82. The molecule has 0 aromatic carbocycles. The summed E-state index contributed by atoms with van der Waals surface area (Å²) < 4.78 is 0. The van der Waals surface area contributed by atoms with Crippen LogP contribution in [0.2, 0.25) is 0 Å². The number of rotatable bonds is 4. The van der Waals surface area contributed by atoms with E-state index in [-0.39, 0.29) is 18.1 Å². The van der Waals surface area contributed by atoms with Crippen molar-refractivity contribution in [2.75, 3.05) is 13.1 Å². The number of carbonyl (C=O) groups is 1. The molecule has 0 unspecified atom stereocenters. The van der Waals surface area contributed by atoms with Crippen molar-refractivity contribution >= 4 is 5.91 Å². The number of carbonyl (C=O) groups excluding carboxylic acids is 1. The Kier molecular flexibility index (Phi) is 5.01. The second kappa shape index (κ2) is 6.53. The van der Waals surface area contributed by atoms with Crippen molar-refractivity contribution in [2.24, 2.45) is 0 Å². The summed E-state index contributed by atoms with van der Waals surface area (Å²) >= 11 is 0. The van der Waals surface area contributed by atoms with Gasteiger partial charge in [0.15, 0.2) is 0 Å². The molecule has 0 spiro atoms. The smallest absolute Gasteiger partial charge is 0.234 e. The monoisotopic (exact) mass is 254 g/mol. The van der Waals surface area contributed by atoms with Gasteiger partial charge in [0, 0.05) is 12.1 Å². The lowest BCUT2D eigenvalue weighted by atomic mass is 9.98. The summed E-state index contributed by atoms with van der Waals surface area (Å²) in [4.78, 5) is 14.2. The fourth-order valence-electron chi connectivity index (χ4n) is 3.29. The number of hydrogen-bond acceptors (Lipinski definition) is 3. The Morgan fingerprint density at radius 2 is 1.94 bits per heavy atom. The van der Waals surface area contributed by atoms with E-state index in [1.165, 1.54) is 12.8 Å². The van der Waals surface area contributed by atoms with Gasteiger partial charge in [0.1, 0.15) is 0 Å². The van der Waals surface area contributed by atoms with E-state index in [1.807, 2.05) is 6.92 Å². The number of piperidine rings is 1. The van der Waals surface area contributed by atoms with E-state index in [9.17, 15) is 9.90 Å². The summed E-state index contributed by atoms with van der Waals surface area (Å²) in [6, 6.07) is 0.556. The molecule has 1 aliphatic heterocycles. The molecule has 1 amide bonds. The summed E-state index contributed by atoms with van der Waals surface area (Å²) in [6.45, 7) is 3.22. The largest absolute Gasteiger partial charge is 0.392 e. The van der Waals surface area contributed by atoms with Crippen LogP contribution in [0.3, 0.4) is 0 Å². The minimum absolute atomic E-state index is 0.134. The Bertz CT molecular complexity index is 275. The number of hydrogen-bond donors (Lipinski definition) is 2. The average molecular weight is 254 g/mol. The van der Waals surface area contributed by atoms with Gasteiger partial charge < -0.3 is 10.4 Å².